The predicted molar refractivity (Wildman–Crippen MR) is 108 cm³/mol. The smallest absolute Gasteiger partial charge is 0.236 e. The Morgan fingerprint density at radius 3 is 2.08 bits per heavy atom. The second-order valence-electron chi connectivity index (χ2n) is 7.67. The lowest BCUT2D eigenvalue weighted by atomic mass is 10.0. The SMILES string of the molecule is CCC(CC)CNC(=NC)N1CCN(CC(=O)N2CCCCCC2)CC1. The lowest BCUT2D eigenvalue weighted by Crippen LogP contribution is -2.54. The van der Waals surface area contributed by atoms with E-state index in [2.05, 4.69) is 38.9 Å². The van der Waals surface area contributed by atoms with E-state index in [0.29, 0.717) is 18.4 Å². The lowest BCUT2D eigenvalue weighted by Gasteiger charge is -2.37. The zero-order valence-corrected chi connectivity index (χ0v) is 17.2. The van der Waals surface area contributed by atoms with Crippen LogP contribution in [-0.2, 0) is 4.79 Å². The van der Waals surface area contributed by atoms with Crippen LogP contribution < -0.4 is 5.32 Å². The highest BCUT2D eigenvalue weighted by molar-refractivity contribution is 5.80. The van der Waals surface area contributed by atoms with Crippen LogP contribution in [0.25, 0.3) is 0 Å². The van der Waals surface area contributed by atoms with Crippen molar-refractivity contribution >= 4 is 11.9 Å². The summed E-state index contributed by atoms with van der Waals surface area (Å²) in [6.45, 7) is 11.7. The fourth-order valence-corrected chi connectivity index (χ4v) is 3.87. The maximum absolute atomic E-state index is 12.6. The van der Waals surface area contributed by atoms with Gasteiger partial charge in [-0.2, -0.15) is 0 Å². The van der Waals surface area contributed by atoms with E-state index in [1.54, 1.807) is 0 Å². The van der Waals surface area contributed by atoms with Gasteiger partial charge in [-0.15, -0.1) is 0 Å². The van der Waals surface area contributed by atoms with Crippen LogP contribution in [0.2, 0.25) is 0 Å². The summed E-state index contributed by atoms with van der Waals surface area (Å²) >= 11 is 0. The first-order valence-corrected chi connectivity index (χ1v) is 10.6. The van der Waals surface area contributed by atoms with Gasteiger partial charge >= 0.3 is 0 Å². The van der Waals surface area contributed by atoms with Gasteiger partial charge in [-0.25, -0.2) is 0 Å². The minimum Gasteiger partial charge on any atom is -0.356 e. The van der Waals surface area contributed by atoms with Gasteiger partial charge in [-0.3, -0.25) is 14.7 Å². The third-order valence-corrected chi connectivity index (χ3v) is 5.90. The number of guanidine groups is 1. The molecule has 0 aromatic rings. The number of carbonyl (C=O) groups is 1. The summed E-state index contributed by atoms with van der Waals surface area (Å²) in [4.78, 5) is 23.7. The first-order chi connectivity index (χ1) is 12.7. The number of piperazine rings is 1. The van der Waals surface area contributed by atoms with E-state index in [4.69, 9.17) is 0 Å². The van der Waals surface area contributed by atoms with E-state index in [-0.39, 0.29) is 0 Å². The van der Waals surface area contributed by atoms with Gasteiger partial charge in [-0.1, -0.05) is 39.5 Å². The largest absolute Gasteiger partial charge is 0.356 e. The van der Waals surface area contributed by atoms with Gasteiger partial charge < -0.3 is 15.1 Å². The van der Waals surface area contributed by atoms with Crippen molar-refractivity contribution in [2.24, 2.45) is 10.9 Å². The Morgan fingerprint density at radius 1 is 0.923 bits per heavy atom. The summed E-state index contributed by atoms with van der Waals surface area (Å²) in [6, 6.07) is 0. The third-order valence-electron chi connectivity index (χ3n) is 5.90. The van der Waals surface area contributed by atoms with Gasteiger partial charge in [0.15, 0.2) is 5.96 Å². The zero-order chi connectivity index (χ0) is 18.8. The quantitative estimate of drug-likeness (QED) is 0.578. The van der Waals surface area contributed by atoms with Gasteiger partial charge in [-0.05, 0) is 18.8 Å². The number of rotatable bonds is 6. The molecule has 0 unspecified atom stereocenters. The van der Waals surface area contributed by atoms with E-state index in [0.717, 1.165) is 64.6 Å². The number of amides is 1. The van der Waals surface area contributed by atoms with E-state index >= 15 is 0 Å². The van der Waals surface area contributed by atoms with Gasteiger partial charge in [0.05, 0.1) is 6.54 Å². The van der Waals surface area contributed by atoms with E-state index in [9.17, 15) is 4.79 Å². The van der Waals surface area contributed by atoms with Crippen molar-refractivity contribution in [1.82, 2.24) is 20.0 Å². The first-order valence-electron chi connectivity index (χ1n) is 10.6. The molecule has 2 aliphatic heterocycles. The Morgan fingerprint density at radius 2 is 1.54 bits per heavy atom. The summed E-state index contributed by atoms with van der Waals surface area (Å²) in [7, 11) is 1.87. The maximum Gasteiger partial charge on any atom is 0.236 e. The number of carbonyl (C=O) groups excluding carboxylic acids is 1. The monoisotopic (exact) mass is 365 g/mol. The summed E-state index contributed by atoms with van der Waals surface area (Å²) in [6.07, 6.45) is 7.27. The molecule has 0 atom stereocenters. The number of hydrogen-bond acceptors (Lipinski definition) is 3. The average molecular weight is 366 g/mol. The number of nitrogens with one attached hydrogen (secondary N) is 1. The summed E-state index contributed by atoms with van der Waals surface area (Å²) in [5, 5.41) is 3.54. The molecule has 0 saturated carbocycles. The summed E-state index contributed by atoms with van der Waals surface area (Å²) in [5.41, 5.74) is 0. The molecule has 1 amide bonds. The Hall–Kier alpha value is -1.30. The molecule has 2 saturated heterocycles. The van der Waals surface area contributed by atoms with Crippen LogP contribution in [0.4, 0.5) is 0 Å². The fourth-order valence-electron chi connectivity index (χ4n) is 3.87. The zero-order valence-electron chi connectivity index (χ0n) is 17.2. The highest BCUT2D eigenvalue weighted by atomic mass is 16.2. The molecular weight excluding hydrogens is 326 g/mol. The molecule has 0 aromatic heterocycles. The average Bonchev–Trinajstić information content (AvgIpc) is 2.96. The second kappa shape index (κ2) is 11.4. The van der Waals surface area contributed by atoms with Crippen molar-refractivity contribution in [3.8, 4) is 0 Å². The number of aliphatic imine (C=N–C) groups is 1. The Balaban J connectivity index is 1.74. The molecule has 0 aliphatic carbocycles. The minimum atomic E-state index is 0.316. The topological polar surface area (TPSA) is 51.2 Å². The molecule has 0 radical (unpaired) electrons. The third kappa shape index (κ3) is 6.45. The molecule has 0 spiro atoms. The molecule has 26 heavy (non-hydrogen) atoms. The molecule has 6 nitrogen and oxygen atoms in total. The number of hydrogen-bond donors (Lipinski definition) is 1. The Labute approximate surface area is 160 Å². The highest BCUT2D eigenvalue weighted by Crippen LogP contribution is 2.11. The second-order valence-corrected chi connectivity index (χ2v) is 7.67. The van der Waals surface area contributed by atoms with Crippen LogP contribution >= 0.6 is 0 Å². The Kier molecular flexibility index (Phi) is 9.23. The number of nitrogens with zero attached hydrogens (tertiary/aromatic N) is 4. The van der Waals surface area contributed by atoms with Crippen molar-refractivity contribution < 1.29 is 4.79 Å². The molecule has 2 aliphatic rings. The van der Waals surface area contributed by atoms with E-state index in [1.165, 1.54) is 25.7 Å². The van der Waals surface area contributed by atoms with Gasteiger partial charge in [0.1, 0.15) is 0 Å². The molecule has 1 N–H and O–H groups in total. The predicted octanol–water partition coefficient (Wildman–Crippen LogP) is 2.02. The van der Waals surface area contributed by atoms with Crippen molar-refractivity contribution in [1.29, 1.82) is 0 Å². The molecule has 150 valence electrons. The van der Waals surface area contributed by atoms with Gasteiger partial charge in [0.2, 0.25) is 5.91 Å². The van der Waals surface area contributed by atoms with Gasteiger partial charge in [0.25, 0.3) is 0 Å². The van der Waals surface area contributed by atoms with Gasteiger partial charge in [0, 0.05) is 52.9 Å². The Bertz CT molecular complexity index is 433. The fraction of sp³-hybridized carbons (Fsp3) is 0.900. The first kappa shape index (κ1) is 21.0. The van der Waals surface area contributed by atoms with Crippen LogP contribution in [-0.4, -0.2) is 86.0 Å². The van der Waals surface area contributed by atoms with Crippen LogP contribution in [0.15, 0.2) is 4.99 Å². The van der Waals surface area contributed by atoms with E-state index in [1.807, 2.05) is 7.05 Å². The maximum atomic E-state index is 12.6. The molecule has 0 aromatic carbocycles. The highest BCUT2D eigenvalue weighted by Gasteiger charge is 2.23. The van der Waals surface area contributed by atoms with Crippen LogP contribution in [0.1, 0.15) is 52.4 Å². The van der Waals surface area contributed by atoms with Crippen molar-refractivity contribution in [3.05, 3.63) is 0 Å². The lowest BCUT2D eigenvalue weighted by molar-refractivity contribution is -0.132. The molecule has 6 heteroatoms. The number of likely N-dealkylation sites (tertiary alicyclic amines) is 1. The minimum absolute atomic E-state index is 0.316. The summed E-state index contributed by atoms with van der Waals surface area (Å²) in [5.74, 6) is 2.03. The standard InChI is InChI=1S/C20H39N5O/c1-4-18(5-2)16-22-20(21-3)25-14-12-23(13-15-25)17-19(26)24-10-8-6-7-9-11-24/h18H,4-17H2,1-3H3,(H,21,22). The summed E-state index contributed by atoms with van der Waals surface area (Å²) < 4.78 is 0. The van der Waals surface area contributed by atoms with Crippen molar-refractivity contribution in [3.63, 3.8) is 0 Å². The molecule has 2 rings (SSSR count). The normalized spacial score (nSPS) is 20.4. The molecule has 2 fully saturated rings. The van der Waals surface area contributed by atoms with E-state index < -0.39 is 0 Å². The van der Waals surface area contributed by atoms with Crippen molar-refractivity contribution in [2.75, 3.05) is 59.4 Å². The molecular formula is C20H39N5O. The van der Waals surface area contributed by atoms with Crippen molar-refractivity contribution in [2.45, 2.75) is 52.4 Å². The molecule has 2 heterocycles. The van der Waals surface area contributed by atoms with Crippen LogP contribution in [0.3, 0.4) is 0 Å². The van der Waals surface area contributed by atoms with Crippen LogP contribution in [0.5, 0.6) is 0 Å². The van der Waals surface area contributed by atoms with Crippen LogP contribution in [0, 0.1) is 5.92 Å². The molecule has 0 bridgehead atoms.